The molecule has 4 rings (SSSR count). The number of anilines is 1. The molecule has 0 aliphatic rings. The lowest BCUT2D eigenvalue weighted by Gasteiger charge is -2.12. The minimum Gasteiger partial charge on any atom is -0.497 e. The van der Waals surface area contributed by atoms with Gasteiger partial charge >= 0.3 is 5.69 Å². The maximum Gasteiger partial charge on any atom is 0.348 e. The van der Waals surface area contributed by atoms with Crippen LogP contribution in [0, 0.1) is 0 Å². The van der Waals surface area contributed by atoms with Crippen molar-refractivity contribution < 1.29 is 14.3 Å². The first-order chi connectivity index (χ1) is 15.1. The zero-order valence-corrected chi connectivity index (χ0v) is 17.0. The number of methoxy groups -OCH3 is 2. The second-order valence-electron chi connectivity index (χ2n) is 6.62. The van der Waals surface area contributed by atoms with E-state index in [4.69, 9.17) is 9.47 Å². The highest BCUT2D eigenvalue weighted by Gasteiger charge is 2.17. The van der Waals surface area contributed by atoms with E-state index < -0.39 is 5.69 Å². The summed E-state index contributed by atoms with van der Waals surface area (Å²) in [6, 6.07) is 21.1. The lowest BCUT2D eigenvalue weighted by atomic mass is 10.1. The van der Waals surface area contributed by atoms with Gasteiger partial charge in [-0.2, -0.15) is 5.10 Å². The molecule has 2 N–H and O–H groups in total. The summed E-state index contributed by atoms with van der Waals surface area (Å²) in [6.45, 7) is 0. The second kappa shape index (κ2) is 8.58. The largest absolute Gasteiger partial charge is 0.497 e. The van der Waals surface area contributed by atoms with Gasteiger partial charge in [-0.25, -0.2) is 14.5 Å². The van der Waals surface area contributed by atoms with Gasteiger partial charge in [-0.15, -0.1) is 0 Å². The van der Waals surface area contributed by atoms with Crippen LogP contribution in [0.4, 0.5) is 5.69 Å². The fourth-order valence-corrected chi connectivity index (χ4v) is 3.19. The van der Waals surface area contributed by atoms with Crippen molar-refractivity contribution >= 4 is 11.6 Å². The number of nitrogens with one attached hydrogen (secondary N) is 2. The maximum atomic E-state index is 12.5. The molecule has 1 heterocycles. The number of amides is 1. The third kappa shape index (κ3) is 4.04. The third-order valence-corrected chi connectivity index (χ3v) is 4.74. The van der Waals surface area contributed by atoms with E-state index in [1.54, 1.807) is 73.8 Å². The first kappa shape index (κ1) is 20.0. The van der Waals surface area contributed by atoms with Crippen molar-refractivity contribution in [2.24, 2.45) is 0 Å². The summed E-state index contributed by atoms with van der Waals surface area (Å²) in [5, 5.41) is 9.49. The molecule has 0 radical (unpaired) electrons. The van der Waals surface area contributed by atoms with Crippen molar-refractivity contribution in [3.63, 3.8) is 0 Å². The number of nitrogens with zero attached hydrogens (tertiary/aromatic N) is 2. The number of benzene rings is 3. The van der Waals surface area contributed by atoms with Crippen LogP contribution >= 0.6 is 0 Å². The van der Waals surface area contributed by atoms with Crippen molar-refractivity contribution in [2.75, 3.05) is 19.5 Å². The van der Waals surface area contributed by atoms with Crippen LogP contribution in [0.3, 0.4) is 0 Å². The molecule has 0 saturated carbocycles. The van der Waals surface area contributed by atoms with Gasteiger partial charge in [0.2, 0.25) is 0 Å². The maximum absolute atomic E-state index is 12.5. The Morgan fingerprint density at radius 1 is 0.968 bits per heavy atom. The highest BCUT2D eigenvalue weighted by Crippen LogP contribution is 2.32. The van der Waals surface area contributed by atoms with E-state index in [0.717, 1.165) is 0 Å². The van der Waals surface area contributed by atoms with Gasteiger partial charge in [-0.3, -0.25) is 4.79 Å². The molecule has 0 aliphatic carbocycles. The molecular formula is C23H20N4O4. The van der Waals surface area contributed by atoms with Crippen molar-refractivity contribution in [1.82, 2.24) is 14.8 Å². The summed E-state index contributed by atoms with van der Waals surface area (Å²) < 4.78 is 12.1. The Balaban J connectivity index is 1.65. The Morgan fingerprint density at radius 2 is 1.71 bits per heavy atom. The Bertz CT molecular complexity index is 1260. The lowest BCUT2D eigenvalue weighted by molar-refractivity contribution is 0.102. The monoisotopic (exact) mass is 416 g/mol. The number of H-pyrrole nitrogens is 1. The number of hydrogen-bond acceptors (Lipinski definition) is 5. The van der Waals surface area contributed by atoms with Crippen molar-refractivity contribution in [3.05, 3.63) is 88.8 Å². The van der Waals surface area contributed by atoms with Gasteiger partial charge in [0.05, 0.1) is 25.5 Å². The van der Waals surface area contributed by atoms with Crippen LogP contribution < -0.4 is 20.5 Å². The van der Waals surface area contributed by atoms with Crippen molar-refractivity contribution in [2.45, 2.75) is 0 Å². The van der Waals surface area contributed by atoms with Crippen LogP contribution in [0.25, 0.3) is 17.1 Å². The van der Waals surface area contributed by atoms with Gasteiger partial charge in [0.25, 0.3) is 5.91 Å². The minimum absolute atomic E-state index is 0.211. The summed E-state index contributed by atoms with van der Waals surface area (Å²) in [4.78, 5) is 24.8. The number of aromatic amines is 1. The average molecular weight is 416 g/mol. The molecule has 1 aromatic heterocycles. The number of rotatable bonds is 6. The number of ether oxygens (including phenoxy) is 2. The first-order valence-electron chi connectivity index (χ1n) is 9.47. The molecule has 3 aromatic carbocycles. The van der Waals surface area contributed by atoms with Crippen LogP contribution in [0.15, 0.2) is 77.6 Å². The molecule has 156 valence electrons. The van der Waals surface area contributed by atoms with E-state index in [2.05, 4.69) is 15.5 Å². The summed E-state index contributed by atoms with van der Waals surface area (Å²) in [6.07, 6.45) is 0. The van der Waals surface area contributed by atoms with Crippen LogP contribution in [0.2, 0.25) is 0 Å². The SMILES string of the molecule is COc1ccc(-c2n[nH]c(=O)n2-c2ccc(NC(=O)c3ccccc3)cc2)c(OC)c1. The minimum atomic E-state index is -0.394. The van der Waals surface area contributed by atoms with E-state index in [1.807, 2.05) is 6.07 Å². The summed E-state index contributed by atoms with van der Waals surface area (Å²) in [7, 11) is 3.11. The predicted octanol–water partition coefficient (Wildman–Crippen LogP) is 3.50. The molecule has 31 heavy (non-hydrogen) atoms. The molecule has 0 atom stereocenters. The van der Waals surface area contributed by atoms with E-state index in [1.165, 1.54) is 11.7 Å². The smallest absolute Gasteiger partial charge is 0.348 e. The molecule has 0 fully saturated rings. The molecule has 0 bridgehead atoms. The lowest BCUT2D eigenvalue weighted by Crippen LogP contribution is -2.16. The molecule has 0 spiro atoms. The molecule has 4 aromatic rings. The van der Waals surface area contributed by atoms with Gasteiger partial charge in [0.1, 0.15) is 11.5 Å². The molecule has 1 amide bonds. The summed E-state index contributed by atoms with van der Waals surface area (Å²) in [5.74, 6) is 1.33. The van der Waals surface area contributed by atoms with Gasteiger partial charge < -0.3 is 14.8 Å². The van der Waals surface area contributed by atoms with Gasteiger partial charge in [0, 0.05) is 17.3 Å². The highest BCUT2D eigenvalue weighted by atomic mass is 16.5. The Morgan fingerprint density at radius 3 is 2.39 bits per heavy atom. The molecule has 0 saturated heterocycles. The van der Waals surface area contributed by atoms with Crippen LogP contribution in [-0.2, 0) is 0 Å². The van der Waals surface area contributed by atoms with E-state index in [0.29, 0.717) is 39.8 Å². The highest BCUT2D eigenvalue weighted by molar-refractivity contribution is 6.04. The van der Waals surface area contributed by atoms with Gasteiger partial charge in [-0.05, 0) is 48.5 Å². The molecule has 0 aliphatic heterocycles. The van der Waals surface area contributed by atoms with Gasteiger partial charge in [-0.1, -0.05) is 18.2 Å². The van der Waals surface area contributed by atoms with Gasteiger partial charge in [0.15, 0.2) is 5.82 Å². The normalized spacial score (nSPS) is 10.5. The zero-order valence-electron chi connectivity index (χ0n) is 17.0. The molecule has 0 unspecified atom stereocenters. The summed E-state index contributed by atoms with van der Waals surface area (Å²) >= 11 is 0. The third-order valence-electron chi connectivity index (χ3n) is 4.74. The van der Waals surface area contributed by atoms with E-state index in [-0.39, 0.29) is 5.91 Å². The van der Waals surface area contributed by atoms with Crippen molar-refractivity contribution in [3.8, 4) is 28.6 Å². The van der Waals surface area contributed by atoms with Crippen LogP contribution in [-0.4, -0.2) is 34.9 Å². The number of carbonyl (C=O) groups excluding carboxylic acids is 1. The number of carbonyl (C=O) groups is 1. The zero-order chi connectivity index (χ0) is 21.8. The summed E-state index contributed by atoms with van der Waals surface area (Å²) in [5.41, 5.74) is 1.99. The molecular weight excluding hydrogens is 396 g/mol. The van der Waals surface area contributed by atoms with Crippen LogP contribution in [0.5, 0.6) is 11.5 Å². The quantitative estimate of drug-likeness (QED) is 0.501. The Hall–Kier alpha value is -4.33. The first-order valence-corrected chi connectivity index (χ1v) is 9.47. The van der Waals surface area contributed by atoms with Crippen molar-refractivity contribution in [1.29, 1.82) is 0 Å². The Kier molecular flexibility index (Phi) is 5.53. The fourth-order valence-electron chi connectivity index (χ4n) is 3.19. The second-order valence-corrected chi connectivity index (χ2v) is 6.62. The standard InChI is InChI=1S/C23H20N4O4/c1-30-18-12-13-19(20(14-18)31-2)21-25-26-23(29)27(21)17-10-8-16(9-11-17)24-22(28)15-6-4-3-5-7-15/h3-14H,1-2H3,(H,24,28)(H,26,29). The van der Waals surface area contributed by atoms with E-state index in [9.17, 15) is 9.59 Å². The van der Waals surface area contributed by atoms with E-state index >= 15 is 0 Å². The Labute approximate surface area is 178 Å². The molecule has 8 heteroatoms. The topological polar surface area (TPSA) is 98.2 Å². The number of aromatic nitrogens is 3. The van der Waals surface area contributed by atoms with Crippen LogP contribution in [0.1, 0.15) is 10.4 Å². The number of hydrogen-bond donors (Lipinski definition) is 2. The predicted molar refractivity (Wildman–Crippen MR) is 117 cm³/mol. The fraction of sp³-hybridized carbons (Fsp3) is 0.0870. The molecule has 8 nitrogen and oxygen atoms in total. The average Bonchev–Trinajstić information content (AvgIpc) is 3.20.